The first-order chi connectivity index (χ1) is 4.81. The topological polar surface area (TPSA) is 38.0 Å². The Balaban J connectivity index is 0. The second-order valence-electron chi connectivity index (χ2n) is 2.06. The van der Waals surface area contributed by atoms with Crippen LogP contribution in [0.4, 0.5) is 0 Å². The van der Waals surface area contributed by atoms with E-state index in [1.165, 1.54) is 0 Å². The van der Waals surface area contributed by atoms with Gasteiger partial charge >= 0.3 is 0 Å². The number of hydrogen-bond donors (Lipinski definition) is 2. The number of rotatable bonds is 4. The Morgan fingerprint density at radius 3 is 2.20 bits per heavy atom. The molecular weight excluding hydrogens is 124 g/mol. The first-order valence-electron chi connectivity index (χ1n) is 4.21. The maximum Gasteiger partial charge on any atom is 0.00482 e. The molecule has 3 N–H and O–H groups in total. The summed E-state index contributed by atoms with van der Waals surface area (Å²) in [5, 5.41) is 3.05. The van der Waals surface area contributed by atoms with E-state index < -0.39 is 0 Å². The standard InChI is InChI=1S/C6H16N2.C2H6/c1-3-6(7)4-5-8-2;1-2/h6,8H,3-5,7H2,1-2H3;1-2H3. The molecule has 0 radical (unpaired) electrons. The Hall–Kier alpha value is -0.0800. The van der Waals surface area contributed by atoms with Gasteiger partial charge in [-0.1, -0.05) is 20.8 Å². The van der Waals surface area contributed by atoms with Crippen molar-refractivity contribution < 1.29 is 0 Å². The molecule has 1 unspecified atom stereocenters. The number of nitrogens with one attached hydrogen (secondary N) is 1. The second-order valence-corrected chi connectivity index (χ2v) is 2.06. The average Bonchev–Trinajstić information content (AvgIpc) is 2.04. The second kappa shape index (κ2) is 11.7. The fraction of sp³-hybridized carbons (Fsp3) is 1.00. The minimum absolute atomic E-state index is 0.391. The third-order valence-electron chi connectivity index (χ3n) is 1.29. The van der Waals surface area contributed by atoms with Crippen LogP contribution in [0.2, 0.25) is 0 Å². The van der Waals surface area contributed by atoms with E-state index in [1.54, 1.807) is 0 Å². The lowest BCUT2D eigenvalue weighted by Gasteiger charge is -2.05. The lowest BCUT2D eigenvalue weighted by atomic mass is 10.2. The molecule has 64 valence electrons. The molecule has 2 heteroatoms. The summed E-state index contributed by atoms with van der Waals surface area (Å²) < 4.78 is 0. The average molecular weight is 146 g/mol. The van der Waals surface area contributed by atoms with Crippen molar-refractivity contribution in [1.29, 1.82) is 0 Å². The van der Waals surface area contributed by atoms with Gasteiger partial charge in [-0.2, -0.15) is 0 Å². The molecular formula is C8H22N2. The Labute approximate surface area is 65.2 Å². The Morgan fingerprint density at radius 2 is 1.90 bits per heavy atom. The van der Waals surface area contributed by atoms with Crippen LogP contribution < -0.4 is 11.1 Å². The van der Waals surface area contributed by atoms with Gasteiger partial charge in [-0.15, -0.1) is 0 Å². The van der Waals surface area contributed by atoms with Crippen LogP contribution in [0.25, 0.3) is 0 Å². The monoisotopic (exact) mass is 146 g/mol. The van der Waals surface area contributed by atoms with Gasteiger partial charge in [0, 0.05) is 6.04 Å². The van der Waals surface area contributed by atoms with Crippen LogP contribution >= 0.6 is 0 Å². The summed E-state index contributed by atoms with van der Waals surface area (Å²) >= 11 is 0. The molecule has 0 aromatic rings. The van der Waals surface area contributed by atoms with Crippen molar-refractivity contribution in [1.82, 2.24) is 5.32 Å². The normalized spacial score (nSPS) is 11.7. The van der Waals surface area contributed by atoms with Gasteiger partial charge in [0.2, 0.25) is 0 Å². The van der Waals surface area contributed by atoms with Crippen LogP contribution in [0.5, 0.6) is 0 Å². The van der Waals surface area contributed by atoms with Gasteiger partial charge in [-0.3, -0.25) is 0 Å². The first-order valence-corrected chi connectivity index (χ1v) is 4.21. The van der Waals surface area contributed by atoms with Crippen LogP contribution in [0, 0.1) is 0 Å². The molecule has 0 aliphatic rings. The maximum absolute atomic E-state index is 5.62. The molecule has 0 amide bonds. The van der Waals surface area contributed by atoms with E-state index >= 15 is 0 Å². The van der Waals surface area contributed by atoms with E-state index in [2.05, 4.69) is 12.2 Å². The molecule has 0 bridgehead atoms. The van der Waals surface area contributed by atoms with E-state index in [4.69, 9.17) is 5.73 Å². The van der Waals surface area contributed by atoms with E-state index in [1.807, 2.05) is 20.9 Å². The molecule has 0 aliphatic carbocycles. The van der Waals surface area contributed by atoms with Crippen molar-refractivity contribution in [2.75, 3.05) is 13.6 Å². The molecule has 0 aliphatic heterocycles. The predicted octanol–water partition coefficient (Wildman–Crippen LogP) is 1.36. The summed E-state index contributed by atoms with van der Waals surface area (Å²) in [6, 6.07) is 0.391. The summed E-state index contributed by atoms with van der Waals surface area (Å²) in [6.45, 7) is 7.15. The summed E-state index contributed by atoms with van der Waals surface area (Å²) in [5.74, 6) is 0. The maximum atomic E-state index is 5.62. The lowest BCUT2D eigenvalue weighted by Crippen LogP contribution is -2.23. The third kappa shape index (κ3) is 10.8. The molecule has 0 rings (SSSR count). The van der Waals surface area contributed by atoms with Gasteiger partial charge in [0.25, 0.3) is 0 Å². The molecule has 2 nitrogen and oxygen atoms in total. The van der Waals surface area contributed by atoms with Crippen LogP contribution in [-0.4, -0.2) is 19.6 Å². The van der Waals surface area contributed by atoms with Gasteiger partial charge < -0.3 is 11.1 Å². The highest BCUT2D eigenvalue weighted by Gasteiger charge is 1.94. The molecule has 0 fully saturated rings. The lowest BCUT2D eigenvalue weighted by molar-refractivity contribution is 0.573. The van der Waals surface area contributed by atoms with Crippen molar-refractivity contribution in [3.8, 4) is 0 Å². The third-order valence-corrected chi connectivity index (χ3v) is 1.29. The van der Waals surface area contributed by atoms with E-state index in [0.29, 0.717) is 6.04 Å². The number of hydrogen-bond acceptors (Lipinski definition) is 2. The Morgan fingerprint density at radius 1 is 1.40 bits per heavy atom. The molecule has 0 aromatic carbocycles. The highest BCUT2D eigenvalue weighted by Crippen LogP contribution is 1.89. The Bertz CT molecular complexity index is 46.5. The predicted molar refractivity (Wildman–Crippen MR) is 48.2 cm³/mol. The molecule has 0 saturated carbocycles. The van der Waals surface area contributed by atoms with Gasteiger partial charge in [0.05, 0.1) is 0 Å². The van der Waals surface area contributed by atoms with Gasteiger partial charge in [-0.25, -0.2) is 0 Å². The molecule has 0 aromatic heterocycles. The fourth-order valence-corrected chi connectivity index (χ4v) is 0.534. The molecule has 0 heterocycles. The van der Waals surface area contributed by atoms with Crippen molar-refractivity contribution in [3.05, 3.63) is 0 Å². The van der Waals surface area contributed by atoms with Crippen molar-refractivity contribution in [2.45, 2.75) is 39.7 Å². The van der Waals surface area contributed by atoms with Crippen LogP contribution in [0.15, 0.2) is 0 Å². The Kier molecular flexibility index (Phi) is 14.7. The molecule has 0 spiro atoms. The summed E-state index contributed by atoms with van der Waals surface area (Å²) in [5.41, 5.74) is 5.62. The van der Waals surface area contributed by atoms with E-state index in [9.17, 15) is 0 Å². The summed E-state index contributed by atoms with van der Waals surface area (Å²) in [6.07, 6.45) is 2.18. The highest BCUT2D eigenvalue weighted by atomic mass is 14.8. The molecule has 0 saturated heterocycles. The van der Waals surface area contributed by atoms with Crippen LogP contribution in [0.1, 0.15) is 33.6 Å². The van der Waals surface area contributed by atoms with Crippen molar-refractivity contribution in [2.24, 2.45) is 5.73 Å². The summed E-state index contributed by atoms with van der Waals surface area (Å²) in [7, 11) is 1.95. The summed E-state index contributed by atoms with van der Waals surface area (Å²) in [4.78, 5) is 0. The molecule has 1 atom stereocenters. The molecule has 10 heavy (non-hydrogen) atoms. The van der Waals surface area contributed by atoms with Gasteiger partial charge in [0.1, 0.15) is 0 Å². The SMILES string of the molecule is CC.CCC(N)CCNC. The fourth-order valence-electron chi connectivity index (χ4n) is 0.534. The first kappa shape index (κ1) is 12.6. The van der Waals surface area contributed by atoms with E-state index in [0.717, 1.165) is 19.4 Å². The largest absolute Gasteiger partial charge is 0.328 e. The van der Waals surface area contributed by atoms with Crippen molar-refractivity contribution >= 4 is 0 Å². The quantitative estimate of drug-likeness (QED) is 0.628. The van der Waals surface area contributed by atoms with Gasteiger partial charge in [0.15, 0.2) is 0 Å². The smallest absolute Gasteiger partial charge is 0.00482 e. The zero-order valence-corrected chi connectivity index (χ0v) is 7.78. The van der Waals surface area contributed by atoms with Gasteiger partial charge in [-0.05, 0) is 26.4 Å². The van der Waals surface area contributed by atoms with E-state index in [-0.39, 0.29) is 0 Å². The zero-order chi connectivity index (χ0) is 8.41. The zero-order valence-electron chi connectivity index (χ0n) is 7.78. The van der Waals surface area contributed by atoms with Crippen LogP contribution in [-0.2, 0) is 0 Å². The van der Waals surface area contributed by atoms with Crippen LogP contribution in [0.3, 0.4) is 0 Å². The minimum Gasteiger partial charge on any atom is -0.328 e. The highest BCUT2D eigenvalue weighted by molar-refractivity contribution is 4.58. The minimum atomic E-state index is 0.391. The van der Waals surface area contributed by atoms with Crippen molar-refractivity contribution in [3.63, 3.8) is 0 Å². The number of nitrogens with two attached hydrogens (primary N) is 1.